The van der Waals surface area contributed by atoms with Crippen molar-refractivity contribution < 1.29 is 22.8 Å². The Morgan fingerprint density at radius 3 is 2.09 bits per heavy atom. The summed E-state index contributed by atoms with van der Waals surface area (Å²) in [7, 11) is 1.65. The Morgan fingerprint density at radius 1 is 0.941 bits per heavy atom. The number of carbonyl (C=O) groups excluding carboxylic acids is 2. The van der Waals surface area contributed by atoms with E-state index in [1.54, 1.807) is 54.0 Å². The maximum atomic E-state index is 12.8. The molecule has 2 aromatic carbocycles. The van der Waals surface area contributed by atoms with Crippen LogP contribution < -0.4 is 10.2 Å². The Kier molecular flexibility index (Phi) is 5.87. The number of imidazole rings is 1. The maximum Gasteiger partial charge on any atom is 0.416 e. The number of benzene rings is 2. The fourth-order valence-electron chi connectivity index (χ4n) is 3.56. The van der Waals surface area contributed by atoms with Crippen LogP contribution in [-0.2, 0) is 11.0 Å². The SMILES string of the molecule is CC(=O)N(C)c1nc2ccc(NC(=O)c3ccc(-c4ccc(C(F)(F)F)cc4)cc3)cn2c1C. The summed E-state index contributed by atoms with van der Waals surface area (Å²) in [6.07, 6.45) is -2.66. The van der Waals surface area contributed by atoms with Crippen LogP contribution in [0.25, 0.3) is 16.8 Å². The van der Waals surface area contributed by atoms with E-state index in [9.17, 15) is 22.8 Å². The van der Waals surface area contributed by atoms with Gasteiger partial charge >= 0.3 is 6.18 Å². The number of hydrogen-bond acceptors (Lipinski definition) is 3. The van der Waals surface area contributed by atoms with E-state index < -0.39 is 11.7 Å². The summed E-state index contributed by atoms with van der Waals surface area (Å²) in [5.74, 6) is 0.0618. The average molecular weight is 466 g/mol. The average Bonchev–Trinajstić information content (AvgIpc) is 3.14. The highest BCUT2D eigenvalue weighted by molar-refractivity contribution is 6.04. The van der Waals surface area contributed by atoms with Crippen LogP contribution in [0.5, 0.6) is 0 Å². The van der Waals surface area contributed by atoms with E-state index in [0.717, 1.165) is 17.8 Å². The molecule has 0 atom stereocenters. The highest BCUT2D eigenvalue weighted by Crippen LogP contribution is 2.31. The lowest BCUT2D eigenvalue weighted by Gasteiger charge is -2.12. The first kappa shape index (κ1) is 23.0. The number of hydrogen-bond donors (Lipinski definition) is 1. The normalized spacial score (nSPS) is 11.5. The topological polar surface area (TPSA) is 66.7 Å². The molecule has 34 heavy (non-hydrogen) atoms. The number of fused-ring (bicyclic) bond motifs is 1. The first-order chi connectivity index (χ1) is 16.0. The lowest BCUT2D eigenvalue weighted by molar-refractivity contribution is -0.137. The van der Waals surface area contributed by atoms with Gasteiger partial charge in [-0.2, -0.15) is 13.2 Å². The van der Waals surface area contributed by atoms with Crippen molar-refractivity contribution in [2.45, 2.75) is 20.0 Å². The zero-order chi connectivity index (χ0) is 24.6. The number of carbonyl (C=O) groups is 2. The van der Waals surface area contributed by atoms with E-state index >= 15 is 0 Å². The maximum absolute atomic E-state index is 12.8. The number of alkyl halides is 3. The number of nitrogens with one attached hydrogen (secondary N) is 1. The molecule has 0 aliphatic heterocycles. The number of anilines is 2. The lowest BCUT2D eigenvalue weighted by atomic mass is 10.0. The molecule has 0 unspecified atom stereocenters. The van der Waals surface area contributed by atoms with Crippen molar-refractivity contribution in [3.8, 4) is 11.1 Å². The van der Waals surface area contributed by atoms with Gasteiger partial charge in [0.05, 0.1) is 16.9 Å². The Balaban J connectivity index is 1.51. The standard InChI is InChI=1S/C25H21F3N4O2/c1-15-23(31(3)16(2)33)30-22-13-12-21(14-32(15)22)29-24(34)19-6-4-17(5-7-19)18-8-10-20(11-9-18)25(26,27)28/h4-14H,1-3H3,(H,29,34). The molecule has 4 rings (SSSR count). The number of rotatable bonds is 4. The van der Waals surface area contributed by atoms with E-state index in [1.807, 2.05) is 6.92 Å². The second-order valence-corrected chi connectivity index (χ2v) is 7.85. The third kappa shape index (κ3) is 4.50. The summed E-state index contributed by atoms with van der Waals surface area (Å²) < 4.78 is 40.1. The van der Waals surface area contributed by atoms with Crippen molar-refractivity contribution in [3.63, 3.8) is 0 Å². The number of aryl methyl sites for hydroxylation is 1. The van der Waals surface area contributed by atoms with Gasteiger partial charge in [0.2, 0.25) is 5.91 Å². The predicted octanol–water partition coefficient (Wildman–Crippen LogP) is 5.56. The molecule has 6 nitrogen and oxygen atoms in total. The Hall–Kier alpha value is -4.14. The highest BCUT2D eigenvalue weighted by Gasteiger charge is 2.30. The minimum absolute atomic E-state index is 0.139. The van der Waals surface area contributed by atoms with Crippen LogP contribution in [0, 0.1) is 6.92 Å². The Morgan fingerprint density at radius 2 is 1.53 bits per heavy atom. The molecule has 4 aromatic rings. The first-order valence-electron chi connectivity index (χ1n) is 10.4. The second-order valence-electron chi connectivity index (χ2n) is 7.85. The first-order valence-corrected chi connectivity index (χ1v) is 10.4. The van der Waals surface area contributed by atoms with Crippen LogP contribution in [0.4, 0.5) is 24.7 Å². The molecule has 0 aliphatic carbocycles. The van der Waals surface area contributed by atoms with Gasteiger partial charge in [-0.05, 0) is 54.4 Å². The van der Waals surface area contributed by atoms with Gasteiger partial charge in [-0.1, -0.05) is 24.3 Å². The van der Waals surface area contributed by atoms with Crippen molar-refractivity contribution in [2.75, 3.05) is 17.3 Å². The van der Waals surface area contributed by atoms with E-state index in [4.69, 9.17) is 0 Å². The summed E-state index contributed by atoms with van der Waals surface area (Å²) >= 11 is 0. The monoisotopic (exact) mass is 466 g/mol. The van der Waals surface area contributed by atoms with Gasteiger partial charge in [0.1, 0.15) is 5.65 Å². The Labute approximate surface area is 193 Å². The summed E-state index contributed by atoms with van der Waals surface area (Å²) in [5.41, 5.74) is 2.94. The zero-order valence-electron chi connectivity index (χ0n) is 18.6. The van der Waals surface area contributed by atoms with Crippen LogP contribution >= 0.6 is 0 Å². The summed E-state index contributed by atoms with van der Waals surface area (Å²) in [4.78, 5) is 30.3. The summed E-state index contributed by atoms with van der Waals surface area (Å²) in [6, 6.07) is 14.9. The molecule has 174 valence electrons. The predicted molar refractivity (Wildman–Crippen MR) is 124 cm³/mol. The minimum Gasteiger partial charge on any atom is -0.321 e. The third-order valence-corrected chi connectivity index (χ3v) is 5.57. The molecule has 0 fully saturated rings. The number of amides is 2. The van der Waals surface area contributed by atoms with Gasteiger partial charge in [-0.15, -0.1) is 0 Å². The molecule has 0 radical (unpaired) electrons. The van der Waals surface area contributed by atoms with E-state index in [0.29, 0.717) is 33.8 Å². The van der Waals surface area contributed by atoms with Crippen molar-refractivity contribution in [2.24, 2.45) is 0 Å². The summed E-state index contributed by atoms with van der Waals surface area (Å²) in [5, 5.41) is 2.83. The van der Waals surface area contributed by atoms with Crippen LogP contribution in [0.3, 0.4) is 0 Å². The molecule has 9 heteroatoms. The van der Waals surface area contributed by atoms with E-state index in [1.165, 1.54) is 24.0 Å². The highest BCUT2D eigenvalue weighted by atomic mass is 19.4. The molecule has 0 aliphatic rings. The van der Waals surface area contributed by atoms with Crippen LogP contribution in [0.1, 0.15) is 28.5 Å². The van der Waals surface area contributed by atoms with Gasteiger partial charge in [0.15, 0.2) is 5.82 Å². The third-order valence-electron chi connectivity index (χ3n) is 5.57. The van der Waals surface area contributed by atoms with Gasteiger partial charge in [0.25, 0.3) is 5.91 Å². The quantitative estimate of drug-likeness (QED) is 0.428. The van der Waals surface area contributed by atoms with E-state index in [-0.39, 0.29) is 11.8 Å². The molecule has 0 spiro atoms. The number of pyridine rings is 1. The van der Waals surface area contributed by atoms with Gasteiger partial charge in [0, 0.05) is 25.7 Å². The van der Waals surface area contributed by atoms with Crippen molar-refractivity contribution in [1.82, 2.24) is 9.38 Å². The van der Waals surface area contributed by atoms with Gasteiger partial charge < -0.3 is 9.72 Å². The Bertz CT molecular complexity index is 1370. The number of aromatic nitrogens is 2. The summed E-state index contributed by atoms with van der Waals surface area (Å²) in [6.45, 7) is 3.29. The number of halogens is 3. The molecule has 0 saturated carbocycles. The fraction of sp³-hybridized carbons (Fsp3) is 0.160. The molecular weight excluding hydrogens is 445 g/mol. The molecule has 0 saturated heterocycles. The van der Waals surface area contributed by atoms with Crippen molar-refractivity contribution in [3.05, 3.63) is 83.7 Å². The molecule has 2 aromatic heterocycles. The van der Waals surface area contributed by atoms with Crippen LogP contribution in [0.15, 0.2) is 66.9 Å². The smallest absolute Gasteiger partial charge is 0.321 e. The van der Waals surface area contributed by atoms with Crippen LogP contribution in [0.2, 0.25) is 0 Å². The largest absolute Gasteiger partial charge is 0.416 e. The number of nitrogens with zero attached hydrogens (tertiary/aromatic N) is 3. The second kappa shape index (κ2) is 8.66. The molecule has 2 heterocycles. The fourth-order valence-corrected chi connectivity index (χ4v) is 3.56. The zero-order valence-corrected chi connectivity index (χ0v) is 18.6. The van der Waals surface area contributed by atoms with Crippen molar-refractivity contribution in [1.29, 1.82) is 0 Å². The molecular formula is C25H21F3N4O2. The molecule has 0 bridgehead atoms. The minimum atomic E-state index is -4.39. The van der Waals surface area contributed by atoms with Gasteiger partial charge in [-0.25, -0.2) is 4.98 Å². The van der Waals surface area contributed by atoms with E-state index in [2.05, 4.69) is 10.3 Å². The lowest BCUT2D eigenvalue weighted by Crippen LogP contribution is -2.23. The van der Waals surface area contributed by atoms with Crippen molar-refractivity contribution >= 4 is 29.0 Å². The van der Waals surface area contributed by atoms with Crippen LogP contribution in [-0.4, -0.2) is 28.2 Å². The molecule has 2 amide bonds. The molecule has 1 N–H and O–H groups in total. The van der Waals surface area contributed by atoms with Gasteiger partial charge in [-0.3, -0.25) is 14.5 Å².